The fraction of sp³-hybridized carbons (Fsp3) is 0.438. The Hall–Kier alpha value is -1.36. The Morgan fingerprint density at radius 3 is 2.70 bits per heavy atom. The van der Waals surface area contributed by atoms with Gasteiger partial charge in [-0.1, -0.05) is 54.6 Å². The topological polar surface area (TPSA) is 92.3 Å². The number of thioether (sulfide) groups is 1. The van der Waals surface area contributed by atoms with E-state index >= 15 is 0 Å². The van der Waals surface area contributed by atoms with Gasteiger partial charge in [0.1, 0.15) is 6.04 Å². The number of sulfonamides is 1. The molecule has 7 nitrogen and oxygen atoms in total. The molecule has 1 amide bonds. The Kier molecular flexibility index (Phi) is 7.90. The zero-order valence-electron chi connectivity index (χ0n) is 15.2. The molecule has 1 aromatic heterocycles. The van der Waals surface area contributed by atoms with Crippen LogP contribution in [0.25, 0.3) is 0 Å². The lowest BCUT2D eigenvalue weighted by atomic mass is 10.2. The number of aromatic nitrogens is 2. The van der Waals surface area contributed by atoms with Crippen molar-refractivity contribution in [3.63, 3.8) is 0 Å². The number of hydrogen-bond donors (Lipinski definition) is 1. The maximum absolute atomic E-state index is 12.8. The van der Waals surface area contributed by atoms with Crippen molar-refractivity contribution in [2.75, 3.05) is 21.6 Å². The number of carbonyl (C=O) groups excluding carboxylic acids is 1. The van der Waals surface area contributed by atoms with Crippen LogP contribution in [0.1, 0.15) is 26.7 Å². The molecule has 0 aliphatic rings. The van der Waals surface area contributed by atoms with E-state index in [9.17, 15) is 13.2 Å². The highest BCUT2D eigenvalue weighted by molar-refractivity contribution is 8.01. The summed E-state index contributed by atoms with van der Waals surface area (Å²) in [7, 11) is -3.71. The molecule has 0 aliphatic carbocycles. The van der Waals surface area contributed by atoms with Gasteiger partial charge in [-0.2, -0.15) is 0 Å². The van der Waals surface area contributed by atoms with Crippen LogP contribution in [0, 0.1) is 0 Å². The maximum atomic E-state index is 12.8. The van der Waals surface area contributed by atoms with Gasteiger partial charge >= 0.3 is 0 Å². The lowest BCUT2D eigenvalue weighted by Gasteiger charge is -2.29. The molecule has 2 rings (SSSR count). The van der Waals surface area contributed by atoms with Crippen LogP contribution < -0.4 is 9.62 Å². The van der Waals surface area contributed by atoms with Gasteiger partial charge in [-0.3, -0.25) is 14.4 Å². The molecular formula is C16H21ClN4O3S3. The van der Waals surface area contributed by atoms with E-state index in [1.54, 1.807) is 36.9 Å². The monoisotopic (exact) mass is 448 g/mol. The highest BCUT2D eigenvalue weighted by atomic mass is 35.5. The summed E-state index contributed by atoms with van der Waals surface area (Å²) in [5.74, 6) is 0.447. The molecule has 11 heteroatoms. The van der Waals surface area contributed by atoms with Gasteiger partial charge in [0, 0.05) is 10.8 Å². The molecule has 2 aromatic rings. The minimum Gasteiger partial charge on any atom is -0.299 e. The van der Waals surface area contributed by atoms with Gasteiger partial charge in [0.25, 0.3) is 0 Å². The summed E-state index contributed by atoms with van der Waals surface area (Å²) in [5, 5.41) is 11.4. The summed E-state index contributed by atoms with van der Waals surface area (Å²) < 4.78 is 26.6. The van der Waals surface area contributed by atoms with Gasteiger partial charge in [-0.15, -0.1) is 10.2 Å². The second-order valence-corrected chi connectivity index (χ2v) is 10.3. The summed E-state index contributed by atoms with van der Waals surface area (Å²) in [6.07, 6.45) is 2.35. The number of halogens is 1. The van der Waals surface area contributed by atoms with Crippen LogP contribution in [-0.4, -0.2) is 42.6 Å². The molecule has 148 valence electrons. The van der Waals surface area contributed by atoms with Crippen molar-refractivity contribution >= 4 is 61.4 Å². The van der Waals surface area contributed by atoms with Crippen molar-refractivity contribution in [2.24, 2.45) is 0 Å². The van der Waals surface area contributed by atoms with Gasteiger partial charge in [0.15, 0.2) is 4.34 Å². The molecule has 0 spiro atoms. The molecule has 0 unspecified atom stereocenters. The standard InChI is InChI=1S/C16H21ClN4O3S3/c1-4-9-25-16-20-19-15(26-16)18-14(22)13(5-2)21(27(3,23)24)12-8-6-7-11(17)10-12/h6-8,10,13H,4-5,9H2,1-3H3,(H,18,19,22)/t13-/m0/s1. The van der Waals surface area contributed by atoms with Crippen LogP contribution in [0.15, 0.2) is 28.6 Å². The third kappa shape index (κ3) is 6.06. The van der Waals surface area contributed by atoms with Crippen molar-refractivity contribution in [1.82, 2.24) is 10.2 Å². The third-order valence-electron chi connectivity index (χ3n) is 3.46. The first kappa shape index (κ1) is 21.9. The van der Waals surface area contributed by atoms with Crippen LogP contribution in [0.3, 0.4) is 0 Å². The minimum atomic E-state index is -3.71. The Morgan fingerprint density at radius 2 is 2.11 bits per heavy atom. The zero-order valence-corrected chi connectivity index (χ0v) is 18.4. The molecule has 27 heavy (non-hydrogen) atoms. The molecule has 0 saturated carbocycles. The van der Waals surface area contributed by atoms with E-state index < -0.39 is 22.0 Å². The second kappa shape index (κ2) is 9.72. The predicted molar refractivity (Wildman–Crippen MR) is 112 cm³/mol. The number of anilines is 2. The number of nitrogens with zero attached hydrogens (tertiary/aromatic N) is 3. The van der Waals surface area contributed by atoms with Crippen molar-refractivity contribution in [1.29, 1.82) is 0 Å². The molecule has 0 radical (unpaired) electrons. The molecule has 1 atom stereocenters. The number of benzene rings is 1. The van der Waals surface area contributed by atoms with Crippen LogP contribution in [0.2, 0.25) is 5.02 Å². The summed E-state index contributed by atoms with van der Waals surface area (Å²) in [6, 6.07) is 5.47. The average Bonchev–Trinajstić information content (AvgIpc) is 3.03. The van der Waals surface area contributed by atoms with E-state index in [1.807, 2.05) is 0 Å². The van der Waals surface area contributed by atoms with E-state index in [4.69, 9.17) is 11.6 Å². The average molecular weight is 449 g/mol. The largest absolute Gasteiger partial charge is 0.299 e. The normalized spacial score (nSPS) is 12.6. The smallest absolute Gasteiger partial charge is 0.250 e. The SMILES string of the molecule is CCCSc1nnc(NC(=O)[C@H](CC)N(c2cccc(Cl)c2)S(C)(=O)=O)s1. The molecule has 0 fully saturated rings. The summed E-state index contributed by atoms with van der Waals surface area (Å²) in [4.78, 5) is 12.8. The van der Waals surface area contributed by atoms with E-state index in [0.717, 1.165) is 27.1 Å². The lowest BCUT2D eigenvalue weighted by Crippen LogP contribution is -2.47. The van der Waals surface area contributed by atoms with Crippen LogP contribution in [0.5, 0.6) is 0 Å². The van der Waals surface area contributed by atoms with Crippen LogP contribution in [-0.2, 0) is 14.8 Å². The Balaban J connectivity index is 2.25. The first-order chi connectivity index (χ1) is 12.8. The van der Waals surface area contributed by atoms with Crippen molar-refractivity contribution in [2.45, 2.75) is 37.1 Å². The lowest BCUT2D eigenvalue weighted by molar-refractivity contribution is -0.117. The minimum absolute atomic E-state index is 0.279. The Labute approximate surface area is 172 Å². The first-order valence-corrected chi connectivity index (χ1v) is 12.3. The van der Waals surface area contributed by atoms with Gasteiger partial charge < -0.3 is 0 Å². The first-order valence-electron chi connectivity index (χ1n) is 8.28. The summed E-state index contributed by atoms with van der Waals surface area (Å²) in [6.45, 7) is 3.81. The van der Waals surface area contributed by atoms with Crippen molar-refractivity contribution in [3.05, 3.63) is 29.3 Å². The van der Waals surface area contributed by atoms with Crippen LogP contribution >= 0.6 is 34.7 Å². The Bertz CT molecular complexity index is 889. The molecular weight excluding hydrogens is 428 g/mol. The fourth-order valence-corrected chi connectivity index (χ4v) is 5.44. The molecule has 0 saturated heterocycles. The van der Waals surface area contributed by atoms with E-state index in [0.29, 0.717) is 15.8 Å². The van der Waals surface area contributed by atoms with E-state index in [2.05, 4.69) is 22.4 Å². The fourth-order valence-electron chi connectivity index (χ4n) is 2.37. The quantitative estimate of drug-likeness (QED) is 0.462. The zero-order chi connectivity index (χ0) is 20.0. The van der Waals surface area contributed by atoms with Gasteiger partial charge in [-0.25, -0.2) is 8.42 Å². The highest BCUT2D eigenvalue weighted by Crippen LogP contribution is 2.28. The Morgan fingerprint density at radius 1 is 1.37 bits per heavy atom. The highest BCUT2D eigenvalue weighted by Gasteiger charge is 2.32. The number of rotatable bonds is 9. The molecule has 0 bridgehead atoms. The summed E-state index contributed by atoms with van der Waals surface area (Å²) >= 11 is 8.83. The number of carbonyl (C=O) groups is 1. The van der Waals surface area contributed by atoms with Crippen LogP contribution in [0.4, 0.5) is 10.8 Å². The summed E-state index contributed by atoms with van der Waals surface area (Å²) in [5.41, 5.74) is 0.337. The van der Waals surface area contributed by atoms with Gasteiger partial charge in [0.05, 0.1) is 11.9 Å². The van der Waals surface area contributed by atoms with Crippen molar-refractivity contribution < 1.29 is 13.2 Å². The predicted octanol–water partition coefficient (Wildman–Crippen LogP) is 3.88. The number of amides is 1. The second-order valence-electron chi connectivity index (χ2n) is 5.67. The maximum Gasteiger partial charge on any atom is 0.250 e. The van der Waals surface area contributed by atoms with Gasteiger partial charge in [0.2, 0.25) is 21.1 Å². The molecule has 0 aliphatic heterocycles. The number of hydrogen-bond acceptors (Lipinski definition) is 7. The molecule has 1 heterocycles. The molecule has 1 N–H and O–H groups in total. The van der Waals surface area contributed by atoms with E-state index in [1.165, 1.54) is 17.4 Å². The third-order valence-corrected chi connectivity index (χ3v) is 7.05. The van der Waals surface area contributed by atoms with Crippen molar-refractivity contribution in [3.8, 4) is 0 Å². The van der Waals surface area contributed by atoms with Gasteiger partial charge in [-0.05, 0) is 31.0 Å². The van der Waals surface area contributed by atoms with E-state index in [-0.39, 0.29) is 6.42 Å². The number of nitrogens with one attached hydrogen (secondary N) is 1. The molecule has 1 aromatic carbocycles.